The van der Waals surface area contributed by atoms with Gasteiger partial charge < -0.3 is 18.9 Å². The van der Waals surface area contributed by atoms with E-state index in [1.165, 1.54) is 411 Å². The minimum atomic E-state index is -4.40. The Morgan fingerprint density at radius 1 is 0.298 bits per heavy atom. The molecule has 0 saturated carbocycles. The number of phosphoric acid groups is 1. The molecule has 0 heterocycles. The summed E-state index contributed by atoms with van der Waals surface area (Å²) in [6, 6.07) is 0. The van der Waals surface area contributed by atoms with E-state index in [2.05, 4.69) is 62.5 Å². The van der Waals surface area contributed by atoms with Gasteiger partial charge >= 0.3 is 19.8 Å². The molecule has 614 valence electrons. The summed E-state index contributed by atoms with van der Waals surface area (Å²) in [5.74, 6) is -0.767. The summed E-state index contributed by atoms with van der Waals surface area (Å²) in [6.45, 7) is 4.50. The minimum Gasteiger partial charge on any atom is -0.462 e. The zero-order chi connectivity index (χ0) is 75.4. The third kappa shape index (κ3) is 88.9. The number of ether oxygens (including phenoxy) is 2. The van der Waals surface area contributed by atoms with Crippen LogP contribution >= 0.6 is 7.82 Å². The van der Waals surface area contributed by atoms with Crippen LogP contribution in [0.4, 0.5) is 0 Å². The van der Waals surface area contributed by atoms with Crippen molar-refractivity contribution < 1.29 is 42.1 Å². The Labute approximate surface area is 649 Å². The average molecular weight is 1480 g/mol. The van der Waals surface area contributed by atoms with E-state index in [4.69, 9.17) is 18.5 Å². The molecule has 0 saturated heterocycles. The van der Waals surface area contributed by atoms with Gasteiger partial charge in [0.1, 0.15) is 19.8 Å². The second kappa shape index (κ2) is 85.0. The molecule has 0 amide bonds. The Morgan fingerprint density at radius 3 is 0.760 bits per heavy atom. The van der Waals surface area contributed by atoms with E-state index in [0.717, 1.165) is 51.4 Å². The van der Waals surface area contributed by atoms with Crippen LogP contribution in [0.3, 0.4) is 0 Å². The van der Waals surface area contributed by atoms with Gasteiger partial charge in [-0.15, -0.1) is 0 Å². The highest BCUT2D eigenvalue weighted by atomic mass is 31.2. The van der Waals surface area contributed by atoms with Crippen LogP contribution < -0.4 is 0 Å². The second-order valence-corrected chi connectivity index (χ2v) is 34.5. The Kier molecular flexibility index (Phi) is 83.3. The van der Waals surface area contributed by atoms with Crippen molar-refractivity contribution >= 4 is 19.8 Å². The molecule has 0 fully saturated rings. The van der Waals surface area contributed by atoms with Crippen LogP contribution in [0.1, 0.15) is 489 Å². The van der Waals surface area contributed by atoms with Crippen molar-refractivity contribution in [3.63, 3.8) is 0 Å². The summed E-state index contributed by atoms with van der Waals surface area (Å²) < 4.78 is 34.9. The lowest BCUT2D eigenvalue weighted by Gasteiger charge is -2.24. The molecule has 0 aliphatic heterocycles. The van der Waals surface area contributed by atoms with E-state index < -0.39 is 26.5 Å². The second-order valence-electron chi connectivity index (χ2n) is 33.0. The van der Waals surface area contributed by atoms with Crippen molar-refractivity contribution in [2.24, 2.45) is 0 Å². The third-order valence-electron chi connectivity index (χ3n) is 21.3. The van der Waals surface area contributed by atoms with Gasteiger partial charge in [-0.05, 0) is 77.0 Å². The first-order chi connectivity index (χ1) is 51.0. The average Bonchev–Trinajstić information content (AvgIpc) is 0.920. The van der Waals surface area contributed by atoms with Crippen LogP contribution in [0, 0.1) is 0 Å². The smallest absolute Gasteiger partial charge is 0.462 e. The number of esters is 2. The maximum Gasteiger partial charge on any atom is 0.472 e. The summed E-state index contributed by atoms with van der Waals surface area (Å²) >= 11 is 0. The normalized spacial score (nSPS) is 13.1. The summed E-state index contributed by atoms with van der Waals surface area (Å²) in [5.41, 5.74) is 0. The fraction of sp³-hybridized carbons (Fsp3) is 0.894. The Balaban J connectivity index is 3.82. The molecule has 10 heteroatoms. The SMILES string of the molecule is CCCCCCC/C=C\C/C=C\CCCCCCCCCCCCCCCCCCCCCCCCCCCCCCCC(=O)OC(COC(=O)CCCCCCCCCCCCCCCCCCCCCCCCCCCCC/C=C\C/C=C\CCCCCCC)COP(=O)(O)OCC[N+](C)(C)C. The minimum absolute atomic E-state index is 0.0357. The summed E-state index contributed by atoms with van der Waals surface area (Å²) in [6.07, 6.45) is 115. The zero-order valence-corrected chi connectivity index (χ0v) is 71.4. The number of hydrogen-bond donors (Lipinski definition) is 1. The number of allylic oxidation sites excluding steroid dienone is 8. The van der Waals surface area contributed by atoms with Crippen molar-refractivity contribution in [2.45, 2.75) is 495 Å². The van der Waals surface area contributed by atoms with E-state index in [9.17, 15) is 19.0 Å². The fourth-order valence-electron chi connectivity index (χ4n) is 14.3. The van der Waals surface area contributed by atoms with Gasteiger partial charge in [-0.3, -0.25) is 18.6 Å². The van der Waals surface area contributed by atoms with Crippen molar-refractivity contribution in [1.29, 1.82) is 0 Å². The summed E-state index contributed by atoms with van der Waals surface area (Å²) in [7, 11) is 1.51. The molecule has 0 aromatic carbocycles. The van der Waals surface area contributed by atoms with Crippen LogP contribution in [0.5, 0.6) is 0 Å². The largest absolute Gasteiger partial charge is 0.472 e. The third-order valence-corrected chi connectivity index (χ3v) is 22.3. The molecular weight excluding hydrogens is 1300 g/mol. The van der Waals surface area contributed by atoms with Gasteiger partial charge in [0.15, 0.2) is 6.10 Å². The predicted molar refractivity (Wildman–Crippen MR) is 455 cm³/mol. The molecule has 0 spiro atoms. The van der Waals surface area contributed by atoms with Gasteiger partial charge in [-0.25, -0.2) is 4.57 Å². The molecule has 0 aliphatic carbocycles. The number of carbonyl (C=O) groups is 2. The quantitative estimate of drug-likeness (QED) is 0.0211. The van der Waals surface area contributed by atoms with E-state index in [-0.39, 0.29) is 25.6 Å². The lowest BCUT2D eigenvalue weighted by molar-refractivity contribution is -0.870. The number of unbranched alkanes of at least 4 members (excludes halogenated alkanes) is 66. The van der Waals surface area contributed by atoms with Crippen LogP contribution in [0.25, 0.3) is 0 Å². The highest BCUT2D eigenvalue weighted by molar-refractivity contribution is 7.47. The molecule has 0 aliphatic rings. The van der Waals surface area contributed by atoms with E-state index in [1.54, 1.807) is 0 Å². The van der Waals surface area contributed by atoms with Crippen LogP contribution in [0.2, 0.25) is 0 Å². The molecule has 0 bridgehead atoms. The first-order valence-electron chi connectivity index (χ1n) is 46.4. The number of nitrogens with zero attached hydrogens (tertiary/aromatic N) is 1. The zero-order valence-electron chi connectivity index (χ0n) is 70.5. The van der Waals surface area contributed by atoms with Crippen LogP contribution in [-0.4, -0.2) is 74.9 Å². The number of likely N-dealkylation sites (N-methyl/N-ethyl adjacent to an activating group) is 1. The number of hydrogen-bond acceptors (Lipinski definition) is 7. The first-order valence-corrected chi connectivity index (χ1v) is 47.9. The Bertz CT molecular complexity index is 1890. The van der Waals surface area contributed by atoms with Crippen molar-refractivity contribution in [2.75, 3.05) is 47.5 Å². The molecule has 0 rings (SSSR count). The highest BCUT2D eigenvalue weighted by Gasteiger charge is 2.27. The molecule has 0 aromatic heterocycles. The molecule has 2 atom stereocenters. The summed E-state index contributed by atoms with van der Waals surface area (Å²) in [4.78, 5) is 36.1. The first kappa shape index (κ1) is 102. The van der Waals surface area contributed by atoms with Gasteiger partial charge in [0, 0.05) is 12.8 Å². The van der Waals surface area contributed by atoms with E-state index >= 15 is 0 Å². The van der Waals surface area contributed by atoms with Crippen molar-refractivity contribution in [3.05, 3.63) is 48.6 Å². The summed E-state index contributed by atoms with van der Waals surface area (Å²) in [5, 5.41) is 0. The molecule has 1 N–H and O–H groups in total. The monoisotopic (exact) mass is 1480 g/mol. The van der Waals surface area contributed by atoms with Gasteiger partial charge in [0.05, 0.1) is 27.7 Å². The van der Waals surface area contributed by atoms with Crippen molar-refractivity contribution in [3.8, 4) is 0 Å². The molecule has 104 heavy (non-hydrogen) atoms. The molecule has 0 radical (unpaired) electrons. The van der Waals surface area contributed by atoms with Gasteiger partial charge in [-0.2, -0.15) is 0 Å². The lowest BCUT2D eigenvalue weighted by Crippen LogP contribution is -2.37. The predicted octanol–water partition coefficient (Wildman–Crippen LogP) is 31.4. The van der Waals surface area contributed by atoms with Gasteiger partial charge in [0.25, 0.3) is 0 Å². The molecule has 0 aromatic rings. The van der Waals surface area contributed by atoms with E-state index in [0.29, 0.717) is 17.4 Å². The maximum absolute atomic E-state index is 13.0. The fourth-order valence-corrected chi connectivity index (χ4v) is 15.0. The molecular formula is C94H181NO8P+. The van der Waals surface area contributed by atoms with E-state index in [1.807, 2.05) is 21.1 Å². The number of carbonyl (C=O) groups excluding carboxylic acids is 2. The van der Waals surface area contributed by atoms with Crippen LogP contribution in [0.15, 0.2) is 48.6 Å². The van der Waals surface area contributed by atoms with Gasteiger partial charge in [-0.1, -0.05) is 448 Å². The Morgan fingerprint density at radius 2 is 0.519 bits per heavy atom. The Hall–Kier alpha value is -2.03. The lowest BCUT2D eigenvalue weighted by atomic mass is 10.0. The molecule has 2 unspecified atom stereocenters. The number of phosphoric ester groups is 1. The molecule has 9 nitrogen and oxygen atoms in total. The maximum atomic E-state index is 13.0. The standard InChI is InChI=1S/C94H180NO8P/c1-6-8-10-12-14-16-18-20-22-24-26-28-30-32-34-36-38-40-42-44-46-47-49-51-53-55-57-59-61-63-65-67-69-71-73-75-77-79-81-83-85-87-94(97)103-92(91-102-104(98,99)101-89-88-95(3,4)5)90-100-93(96)86-84-82-80-78-76-74-72-70-68-66-64-62-60-58-56-54-52-50-48-45-43-41-39-37-35-33-31-29-27-25-23-21-19-17-15-13-11-9-7-2/h18-21,24-27,92H,6-17,22-23,28-91H2,1-5H3/p+1/b20-18-,21-19-,26-24-,27-25-. The topological polar surface area (TPSA) is 108 Å². The van der Waals surface area contributed by atoms with Gasteiger partial charge in [0.2, 0.25) is 0 Å². The number of rotatable bonds is 88. The van der Waals surface area contributed by atoms with Crippen LogP contribution in [-0.2, 0) is 32.7 Å². The van der Waals surface area contributed by atoms with Crippen molar-refractivity contribution in [1.82, 2.24) is 0 Å². The highest BCUT2D eigenvalue weighted by Crippen LogP contribution is 2.43. The number of quaternary nitrogens is 1.